The first kappa shape index (κ1) is 16.0. The minimum atomic E-state index is -3.46. The number of piperazine rings is 1. The van der Waals surface area contributed by atoms with Gasteiger partial charge in [0.1, 0.15) is 4.21 Å². The molecule has 1 aliphatic rings. The molecule has 0 aliphatic carbocycles. The van der Waals surface area contributed by atoms with Crippen LogP contribution in [0.25, 0.3) is 0 Å². The predicted molar refractivity (Wildman–Crippen MR) is 89.9 cm³/mol. The second kappa shape index (κ2) is 6.29. The van der Waals surface area contributed by atoms with Gasteiger partial charge in [-0.15, -0.1) is 11.3 Å². The minimum Gasteiger partial charge on any atom is -0.297 e. The molecule has 0 spiro atoms. The fourth-order valence-electron chi connectivity index (χ4n) is 2.67. The number of benzene rings is 1. The van der Waals surface area contributed by atoms with E-state index in [1.807, 2.05) is 37.4 Å². The zero-order chi connectivity index (χ0) is 15.7. The van der Waals surface area contributed by atoms with Gasteiger partial charge in [-0.3, -0.25) is 4.90 Å². The number of halogens is 1. The molecule has 3 rings (SSSR count). The Balaban J connectivity index is 1.87. The smallest absolute Gasteiger partial charge is 0.252 e. The maximum Gasteiger partial charge on any atom is 0.252 e. The Morgan fingerprint density at radius 3 is 2.50 bits per heavy atom. The molecule has 0 bridgehead atoms. The van der Waals surface area contributed by atoms with E-state index in [0.717, 1.165) is 16.9 Å². The standard InChI is InChI=1S/C15H17ClN2O2S2/c1-17-9-10-18(11-13(17)12-5-3-2-4-6-12)22(19,20)15-8-7-14(16)21-15/h2-8,13H,9-11H2,1H3. The third-order valence-electron chi connectivity index (χ3n) is 3.94. The van der Waals surface area contributed by atoms with E-state index >= 15 is 0 Å². The van der Waals surface area contributed by atoms with E-state index in [0.29, 0.717) is 28.2 Å². The molecule has 1 atom stereocenters. The molecule has 1 aromatic carbocycles. The second-order valence-electron chi connectivity index (χ2n) is 5.33. The van der Waals surface area contributed by atoms with Crippen molar-refractivity contribution in [2.24, 2.45) is 0 Å². The Bertz CT molecular complexity index is 746. The van der Waals surface area contributed by atoms with Crippen LogP contribution in [0.4, 0.5) is 0 Å². The third-order valence-corrected chi connectivity index (χ3v) is 7.50. The highest BCUT2D eigenvalue weighted by Gasteiger charge is 2.34. The highest BCUT2D eigenvalue weighted by atomic mass is 35.5. The summed E-state index contributed by atoms with van der Waals surface area (Å²) in [5, 5.41) is 0. The predicted octanol–water partition coefficient (Wildman–Crippen LogP) is 3.08. The molecule has 2 heterocycles. The van der Waals surface area contributed by atoms with Gasteiger partial charge in [-0.2, -0.15) is 4.31 Å². The summed E-state index contributed by atoms with van der Waals surface area (Å²) in [6.07, 6.45) is 0. The molecule has 1 unspecified atom stereocenters. The average Bonchev–Trinajstić information content (AvgIpc) is 2.96. The van der Waals surface area contributed by atoms with Gasteiger partial charge in [-0.05, 0) is 24.7 Å². The zero-order valence-electron chi connectivity index (χ0n) is 12.1. The van der Waals surface area contributed by atoms with E-state index in [1.54, 1.807) is 16.4 Å². The molecule has 2 aromatic rings. The van der Waals surface area contributed by atoms with Gasteiger partial charge < -0.3 is 0 Å². The minimum absolute atomic E-state index is 0.0696. The van der Waals surface area contributed by atoms with Crippen molar-refractivity contribution >= 4 is 33.0 Å². The summed E-state index contributed by atoms with van der Waals surface area (Å²) < 4.78 is 27.9. The SMILES string of the molecule is CN1CCN(S(=O)(=O)c2ccc(Cl)s2)CC1c1ccccc1. The Hall–Kier alpha value is -0.920. The van der Waals surface area contributed by atoms with Gasteiger partial charge >= 0.3 is 0 Å². The van der Waals surface area contributed by atoms with Crippen molar-refractivity contribution in [3.63, 3.8) is 0 Å². The molecule has 4 nitrogen and oxygen atoms in total. The van der Waals surface area contributed by atoms with E-state index in [2.05, 4.69) is 4.90 Å². The van der Waals surface area contributed by atoms with Gasteiger partial charge in [0.15, 0.2) is 0 Å². The van der Waals surface area contributed by atoms with Crippen LogP contribution in [0.5, 0.6) is 0 Å². The largest absolute Gasteiger partial charge is 0.297 e. The van der Waals surface area contributed by atoms with Crippen molar-refractivity contribution in [1.29, 1.82) is 0 Å². The molecule has 0 radical (unpaired) electrons. The average molecular weight is 357 g/mol. The molecular weight excluding hydrogens is 340 g/mol. The van der Waals surface area contributed by atoms with Crippen molar-refractivity contribution in [2.45, 2.75) is 10.3 Å². The van der Waals surface area contributed by atoms with E-state index in [1.165, 1.54) is 0 Å². The summed E-state index contributed by atoms with van der Waals surface area (Å²) in [6.45, 7) is 1.66. The molecule has 22 heavy (non-hydrogen) atoms. The van der Waals surface area contributed by atoms with Crippen LogP contribution in [0.15, 0.2) is 46.7 Å². The number of hydrogen-bond acceptors (Lipinski definition) is 4. The van der Waals surface area contributed by atoms with Crippen LogP contribution in [-0.4, -0.2) is 44.3 Å². The second-order valence-corrected chi connectivity index (χ2v) is 9.21. The van der Waals surface area contributed by atoms with Gasteiger partial charge in [0.05, 0.1) is 4.34 Å². The van der Waals surface area contributed by atoms with Crippen LogP contribution in [0.3, 0.4) is 0 Å². The fraction of sp³-hybridized carbons (Fsp3) is 0.333. The van der Waals surface area contributed by atoms with Crippen molar-refractivity contribution in [3.05, 3.63) is 52.4 Å². The van der Waals surface area contributed by atoms with Crippen LogP contribution in [0, 0.1) is 0 Å². The quantitative estimate of drug-likeness (QED) is 0.848. The topological polar surface area (TPSA) is 40.6 Å². The van der Waals surface area contributed by atoms with Gasteiger partial charge in [0, 0.05) is 25.7 Å². The normalized spacial score (nSPS) is 21.1. The molecule has 0 amide bonds. The molecule has 1 fully saturated rings. The fourth-order valence-corrected chi connectivity index (χ4v) is 5.74. The van der Waals surface area contributed by atoms with Gasteiger partial charge in [-0.1, -0.05) is 41.9 Å². The van der Waals surface area contributed by atoms with Crippen molar-refractivity contribution < 1.29 is 8.42 Å². The summed E-state index contributed by atoms with van der Waals surface area (Å²) in [5.74, 6) is 0. The Morgan fingerprint density at radius 2 is 1.86 bits per heavy atom. The maximum absolute atomic E-state index is 12.7. The number of sulfonamides is 1. The summed E-state index contributed by atoms with van der Waals surface area (Å²) in [7, 11) is -1.43. The first-order chi connectivity index (χ1) is 10.5. The first-order valence-electron chi connectivity index (χ1n) is 6.99. The van der Waals surface area contributed by atoms with Crippen LogP contribution in [0.1, 0.15) is 11.6 Å². The number of nitrogens with zero attached hydrogens (tertiary/aromatic N) is 2. The Morgan fingerprint density at radius 1 is 1.14 bits per heavy atom. The molecular formula is C15H17ClN2O2S2. The van der Waals surface area contributed by atoms with E-state index in [9.17, 15) is 8.42 Å². The lowest BCUT2D eigenvalue weighted by molar-refractivity contribution is 0.148. The van der Waals surface area contributed by atoms with E-state index in [-0.39, 0.29) is 6.04 Å². The maximum atomic E-state index is 12.7. The zero-order valence-corrected chi connectivity index (χ0v) is 14.5. The highest BCUT2D eigenvalue weighted by Crippen LogP contribution is 2.31. The number of rotatable bonds is 3. The lowest BCUT2D eigenvalue weighted by Crippen LogP contribution is -2.48. The summed E-state index contributed by atoms with van der Waals surface area (Å²) in [4.78, 5) is 2.20. The van der Waals surface area contributed by atoms with Crippen molar-refractivity contribution in [1.82, 2.24) is 9.21 Å². The Kier molecular flexibility index (Phi) is 4.56. The lowest BCUT2D eigenvalue weighted by atomic mass is 10.0. The van der Waals surface area contributed by atoms with Crippen molar-refractivity contribution in [3.8, 4) is 0 Å². The van der Waals surface area contributed by atoms with Crippen molar-refractivity contribution in [2.75, 3.05) is 26.7 Å². The molecule has 1 aliphatic heterocycles. The number of hydrogen-bond donors (Lipinski definition) is 0. The molecule has 1 aromatic heterocycles. The molecule has 7 heteroatoms. The molecule has 118 valence electrons. The van der Waals surface area contributed by atoms with Gasteiger partial charge in [0.2, 0.25) is 0 Å². The van der Waals surface area contributed by atoms with Crippen LogP contribution < -0.4 is 0 Å². The van der Waals surface area contributed by atoms with E-state index in [4.69, 9.17) is 11.6 Å². The third kappa shape index (κ3) is 3.07. The monoisotopic (exact) mass is 356 g/mol. The van der Waals surface area contributed by atoms with Crippen LogP contribution in [0.2, 0.25) is 4.34 Å². The number of thiophene rings is 1. The van der Waals surface area contributed by atoms with E-state index < -0.39 is 10.0 Å². The Labute approximate surface area is 140 Å². The first-order valence-corrected chi connectivity index (χ1v) is 9.62. The summed E-state index contributed by atoms with van der Waals surface area (Å²) in [6, 6.07) is 13.3. The van der Waals surface area contributed by atoms with Gasteiger partial charge in [0.25, 0.3) is 10.0 Å². The lowest BCUT2D eigenvalue weighted by Gasteiger charge is -2.38. The molecule has 1 saturated heterocycles. The molecule has 0 saturated carbocycles. The number of likely N-dealkylation sites (N-methyl/N-ethyl adjacent to an activating group) is 1. The summed E-state index contributed by atoms with van der Waals surface area (Å²) >= 11 is 6.99. The highest BCUT2D eigenvalue weighted by molar-refractivity contribution is 7.91. The van der Waals surface area contributed by atoms with Gasteiger partial charge in [-0.25, -0.2) is 8.42 Å². The van der Waals surface area contributed by atoms with Crippen LogP contribution >= 0.6 is 22.9 Å². The molecule has 0 N–H and O–H groups in total. The van der Waals surface area contributed by atoms with Crippen LogP contribution in [-0.2, 0) is 10.0 Å². The summed E-state index contributed by atoms with van der Waals surface area (Å²) in [5.41, 5.74) is 1.13.